The maximum absolute atomic E-state index is 11.2. The monoisotopic (exact) mass is 204 g/mol. The quantitative estimate of drug-likeness (QED) is 0.631. The number of halogens is 1. The fourth-order valence-electron chi connectivity index (χ4n) is 1.41. The molecule has 1 heterocycles. The van der Waals surface area contributed by atoms with Gasteiger partial charge in [-0.15, -0.1) is 12.4 Å². The molecule has 1 aliphatic heterocycles. The third kappa shape index (κ3) is 2.33. The highest BCUT2D eigenvalue weighted by atomic mass is 35.5. The fourth-order valence-corrected chi connectivity index (χ4v) is 1.41. The molecule has 0 atom stereocenters. The standard InChI is InChI=1S/C8H12N2O2.ClH/c1-12-7(11)8(6-9)2-4-10-5-3-8;/h10H,2-5H2,1H3;1H. The molecule has 13 heavy (non-hydrogen) atoms. The molecule has 0 amide bonds. The minimum atomic E-state index is -0.889. The predicted octanol–water partition coefficient (Wildman–Crippen LogP) is 0.475. The summed E-state index contributed by atoms with van der Waals surface area (Å²) in [5, 5.41) is 12.0. The summed E-state index contributed by atoms with van der Waals surface area (Å²) in [6.07, 6.45) is 1.10. The zero-order valence-electron chi connectivity index (χ0n) is 7.50. The number of nitrogens with one attached hydrogen (secondary N) is 1. The van der Waals surface area contributed by atoms with Crippen LogP contribution in [0.1, 0.15) is 12.8 Å². The molecule has 1 aliphatic rings. The van der Waals surface area contributed by atoms with Gasteiger partial charge in [0.05, 0.1) is 13.2 Å². The van der Waals surface area contributed by atoms with Crippen molar-refractivity contribution in [2.75, 3.05) is 20.2 Å². The Labute approximate surface area is 83.7 Å². The van der Waals surface area contributed by atoms with Gasteiger partial charge < -0.3 is 10.1 Å². The van der Waals surface area contributed by atoms with Crippen molar-refractivity contribution < 1.29 is 9.53 Å². The normalized spacial score (nSPS) is 19.4. The number of rotatable bonds is 1. The molecule has 1 saturated heterocycles. The first-order chi connectivity index (χ1) is 5.75. The van der Waals surface area contributed by atoms with Gasteiger partial charge in [0.1, 0.15) is 0 Å². The number of hydrogen-bond acceptors (Lipinski definition) is 4. The van der Waals surface area contributed by atoms with E-state index in [2.05, 4.69) is 16.1 Å². The number of ether oxygens (including phenoxy) is 1. The molecule has 4 nitrogen and oxygen atoms in total. The van der Waals surface area contributed by atoms with Crippen LogP contribution >= 0.6 is 12.4 Å². The summed E-state index contributed by atoms with van der Waals surface area (Å²) in [6.45, 7) is 1.42. The number of piperidine rings is 1. The highest BCUT2D eigenvalue weighted by Crippen LogP contribution is 2.28. The van der Waals surface area contributed by atoms with Crippen LogP contribution in [0.3, 0.4) is 0 Å². The molecule has 1 fully saturated rings. The van der Waals surface area contributed by atoms with Crippen molar-refractivity contribution in [1.82, 2.24) is 5.32 Å². The van der Waals surface area contributed by atoms with Crippen molar-refractivity contribution in [2.45, 2.75) is 12.8 Å². The second-order valence-electron chi connectivity index (χ2n) is 2.94. The van der Waals surface area contributed by atoms with Crippen molar-refractivity contribution in [2.24, 2.45) is 5.41 Å². The van der Waals surface area contributed by atoms with Crippen molar-refractivity contribution in [1.29, 1.82) is 5.26 Å². The van der Waals surface area contributed by atoms with Crippen LogP contribution in [-0.2, 0) is 9.53 Å². The van der Waals surface area contributed by atoms with E-state index in [4.69, 9.17) is 5.26 Å². The van der Waals surface area contributed by atoms with E-state index in [1.165, 1.54) is 7.11 Å². The van der Waals surface area contributed by atoms with E-state index in [-0.39, 0.29) is 12.4 Å². The van der Waals surface area contributed by atoms with E-state index in [9.17, 15) is 4.79 Å². The SMILES string of the molecule is COC(=O)C1(C#N)CCNCC1.Cl. The first-order valence-electron chi connectivity index (χ1n) is 3.95. The lowest BCUT2D eigenvalue weighted by Crippen LogP contribution is -2.41. The van der Waals surface area contributed by atoms with Crippen LogP contribution in [0.15, 0.2) is 0 Å². The Kier molecular flexibility index (Phi) is 4.74. The zero-order valence-corrected chi connectivity index (χ0v) is 8.32. The molecule has 0 aliphatic carbocycles. The maximum Gasteiger partial charge on any atom is 0.326 e. The second-order valence-corrected chi connectivity index (χ2v) is 2.94. The fraction of sp³-hybridized carbons (Fsp3) is 0.750. The number of nitriles is 1. The molecule has 74 valence electrons. The Morgan fingerprint density at radius 1 is 1.54 bits per heavy atom. The number of carbonyl (C=O) groups is 1. The summed E-state index contributed by atoms with van der Waals surface area (Å²) in [5.41, 5.74) is -0.889. The molecular weight excluding hydrogens is 192 g/mol. The number of hydrogen-bond donors (Lipinski definition) is 1. The average molecular weight is 205 g/mol. The van der Waals surface area contributed by atoms with Crippen LogP contribution < -0.4 is 5.32 Å². The van der Waals surface area contributed by atoms with Gasteiger partial charge in [0.15, 0.2) is 5.41 Å². The van der Waals surface area contributed by atoms with Crippen molar-refractivity contribution >= 4 is 18.4 Å². The van der Waals surface area contributed by atoms with Gasteiger partial charge in [-0.3, -0.25) is 4.79 Å². The lowest BCUT2D eigenvalue weighted by atomic mass is 9.80. The molecule has 0 saturated carbocycles. The summed E-state index contributed by atoms with van der Waals surface area (Å²) >= 11 is 0. The Bertz CT molecular complexity index is 219. The molecule has 0 aromatic rings. The first-order valence-corrected chi connectivity index (χ1v) is 3.95. The van der Waals surface area contributed by atoms with Crippen molar-refractivity contribution in [3.8, 4) is 6.07 Å². The molecule has 0 aromatic carbocycles. The van der Waals surface area contributed by atoms with Crippen LogP contribution in [0, 0.1) is 16.7 Å². The topological polar surface area (TPSA) is 62.1 Å². The molecule has 0 radical (unpaired) electrons. The van der Waals surface area contributed by atoms with E-state index in [0.717, 1.165) is 0 Å². The van der Waals surface area contributed by atoms with Crippen molar-refractivity contribution in [3.05, 3.63) is 0 Å². The molecular formula is C8H13ClN2O2. The van der Waals surface area contributed by atoms with Crippen LogP contribution in [0.25, 0.3) is 0 Å². The lowest BCUT2D eigenvalue weighted by Gasteiger charge is -2.27. The summed E-state index contributed by atoms with van der Waals surface area (Å²) in [4.78, 5) is 11.2. The average Bonchev–Trinajstić information content (AvgIpc) is 2.17. The number of carbonyl (C=O) groups excluding carboxylic acids is 1. The van der Waals surface area contributed by atoms with Crippen LogP contribution in [0.2, 0.25) is 0 Å². The Hall–Kier alpha value is -0.790. The van der Waals surface area contributed by atoms with Crippen LogP contribution in [0.5, 0.6) is 0 Å². The molecule has 1 rings (SSSR count). The van der Waals surface area contributed by atoms with Gasteiger partial charge >= 0.3 is 5.97 Å². The van der Waals surface area contributed by atoms with Gasteiger partial charge in [-0.25, -0.2) is 0 Å². The smallest absolute Gasteiger partial charge is 0.326 e. The Morgan fingerprint density at radius 3 is 2.46 bits per heavy atom. The van der Waals surface area contributed by atoms with Gasteiger partial charge in [-0.1, -0.05) is 0 Å². The zero-order chi connectivity index (χ0) is 9.03. The van der Waals surface area contributed by atoms with E-state index < -0.39 is 11.4 Å². The van der Waals surface area contributed by atoms with E-state index in [1.54, 1.807) is 0 Å². The summed E-state index contributed by atoms with van der Waals surface area (Å²) < 4.78 is 4.59. The predicted molar refractivity (Wildman–Crippen MR) is 49.4 cm³/mol. The minimum Gasteiger partial charge on any atom is -0.468 e. The minimum absolute atomic E-state index is 0. The van der Waals surface area contributed by atoms with Gasteiger partial charge in [-0.2, -0.15) is 5.26 Å². The third-order valence-electron chi connectivity index (χ3n) is 2.25. The van der Waals surface area contributed by atoms with Crippen LogP contribution in [-0.4, -0.2) is 26.2 Å². The summed E-state index contributed by atoms with van der Waals surface area (Å²) in [5.74, 6) is -0.397. The van der Waals surface area contributed by atoms with Crippen LogP contribution in [0.4, 0.5) is 0 Å². The van der Waals surface area contributed by atoms with Gasteiger partial charge in [-0.05, 0) is 25.9 Å². The van der Waals surface area contributed by atoms with Gasteiger partial charge in [0.25, 0.3) is 0 Å². The Morgan fingerprint density at radius 2 is 2.08 bits per heavy atom. The summed E-state index contributed by atoms with van der Waals surface area (Å²) in [7, 11) is 1.32. The van der Waals surface area contributed by atoms with E-state index >= 15 is 0 Å². The molecule has 0 aromatic heterocycles. The molecule has 5 heteroatoms. The van der Waals surface area contributed by atoms with E-state index in [0.29, 0.717) is 25.9 Å². The highest BCUT2D eigenvalue weighted by molar-refractivity contribution is 5.85. The molecule has 0 spiro atoms. The second kappa shape index (κ2) is 5.05. The largest absolute Gasteiger partial charge is 0.468 e. The van der Waals surface area contributed by atoms with Gasteiger partial charge in [0, 0.05) is 0 Å². The van der Waals surface area contributed by atoms with Gasteiger partial charge in [0.2, 0.25) is 0 Å². The Balaban J connectivity index is 0.00000144. The highest BCUT2D eigenvalue weighted by Gasteiger charge is 2.40. The number of esters is 1. The first kappa shape index (κ1) is 12.2. The maximum atomic E-state index is 11.2. The molecule has 0 unspecified atom stereocenters. The number of methoxy groups -OCH3 is 1. The molecule has 0 bridgehead atoms. The lowest BCUT2D eigenvalue weighted by molar-refractivity contribution is -0.150. The molecule has 1 N–H and O–H groups in total. The third-order valence-corrected chi connectivity index (χ3v) is 2.25. The number of nitrogens with zero attached hydrogens (tertiary/aromatic N) is 1. The summed E-state index contributed by atoms with van der Waals surface area (Å²) in [6, 6.07) is 2.05. The van der Waals surface area contributed by atoms with Crippen molar-refractivity contribution in [3.63, 3.8) is 0 Å². The van der Waals surface area contributed by atoms with E-state index in [1.807, 2.05) is 0 Å².